The third-order valence-corrected chi connectivity index (χ3v) is 4.65. The molecule has 0 aliphatic carbocycles. The fraction of sp³-hybridized carbons (Fsp3) is 0.611. The first-order chi connectivity index (χ1) is 11.0. The van der Waals surface area contributed by atoms with E-state index in [2.05, 4.69) is 28.1 Å². The number of hydrogen-bond acceptors (Lipinski definition) is 4. The largest absolute Gasteiger partial charge is 0.392 e. The lowest BCUT2D eigenvalue weighted by Crippen LogP contribution is -2.50. The van der Waals surface area contributed by atoms with Crippen LogP contribution < -0.4 is 5.32 Å². The number of aliphatic hydroxyl groups excluding tert-OH is 1. The van der Waals surface area contributed by atoms with Gasteiger partial charge in [0.1, 0.15) is 0 Å². The highest BCUT2D eigenvalue weighted by molar-refractivity contribution is 5.93. The monoisotopic (exact) mass is 319 g/mol. The van der Waals surface area contributed by atoms with Gasteiger partial charge in [0.05, 0.1) is 12.6 Å². The molecule has 1 saturated heterocycles. The van der Waals surface area contributed by atoms with Crippen LogP contribution in [0.2, 0.25) is 0 Å². The van der Waals surface area contributed by atoms with Gasteiger partial charge in [0, 0.05) is 38.4 Å². The molecule has 1 fully saturated rings. The molecule has 1 unspecified atom stereocenters. The molecule has 1 amide bonds. The van der Waals surface area contributed by atoms with E-state index in [-0.39, 0.29) is 12.0 Å². The van der Waals surface area contributed by atoms with Crippen molar-refractivity contribution in [2.45, 2.75) is 33.3 Å². The minimum Gasteiger partial charge on any atom is -0.392 e. The summed E-state index contributed by atoms with van der Waals surface area (Å²) in [7, 11) is 0. The van der Waals surface area contributed by atoms with Crippen molar-refractivity contribution in [1.82, 2.24) is 9.80 Å². The van der Waals surface area contributed by atoms with Crippen molar-refractivity contribution in [2.75, 3.05) is 44.6 Å². The summed E-state index contributed by atoms with van der Waals surface area (Å²) in [5, 5.41) is 12.7. The van der Waals surface area contributed by atoms with Gasteiger partial charge in [-0.05, 0) is 37.5 Å². The molecule has 2 rings (SSSR count). The zero-order valence-electron chi connectivity index (χ0n) is 14.5. The quantitative estimate of drug-likeness (QED) is 0.837. The number of β-amino-alcohol motifs (C(OH)–C–C–N with tert-alkyl or cyclic N) is 1. The fourth-order valence-electron chi connectivity index (χ4n) is 2.84. The van der Waals surface area contributed by atoms with E-state index in [1.165, 1.54) is 5.56 Å². The highest BCUT2D eigenvalue weighted by Gasteiger charge is 2.20. The van der Waals surface area contributed by atoms with Crippen LogP contribution in [-0.4, -0.2) is 66.2 Å². The third kappa shape index (κ3) is 5.30. The summed E-state index contributed by atoms with van der Waals surface area (Å²) in [6.45, 7) is 10.8. The minimum atomic E-state index is -0.242. The topological polar surface area (TPSA) is 55.8 Å². The SMILES string of the molecule is CCC(O)CN1CCN(CC(=O)Nc2cccc(C)c2C)CC1. The summed E-state index contributed by atoms with van der Waals surface area (Å²) < 4.78 is 0. The van der Waals surface area contributed by atoms with E-state index in [1.54, 1.807) is 0 Å². The number of anilines is 1. The average Bonchev–Trinajstić information content (AvgIpc) is 2.53. The van der Waals surface area contributed by atoms with E-state index in [9.17, 15) is 9.90 Å². The Morgan fingerprint density at radius 1 is 1.22 bits per heavy atom. The van der Waals surface area contributed by atoms with Crippen molar-refractivity contribution in [3.63, 3.8) is 0 Å². The molecule has 5 nitrogen and oxygen atoms in total. The predicted molar refractivity (Wildman–Crippen MR) is 93.7 cm³/mol. The van der Waals surface area contributed by atoms with Gasteiger partial charge in [0.2, 0.25) is 5.91 Å². The molecule has 0 spiro atoms. The van der Waals surface area contributed by atoms with Crippen LogP contribution in [0.25, 0.3) is 0 Å². The standard InChI is InChI=1S/C18H29N3O2/c1-4-16(22)12-20-8-10-21(11-9-20)13-18(23)19-17-7-5-6-14(2)15(17)3/h5-7,16,22H,4,8-13H2,1-3H3,(H,19,23). The first-order valence-corrected chi connectivity index (χ1v) is 8.48. The molecular weight excluding hydrogens is 290 g/mol. The summed E-state index contributed by atoms with van der Waals surface area (Å²) in [6, 6.07) is 5.97. The number of aliphatic hydroxyl groups is 1. The Labute approximate surface area is 139 Å². The zero-order valence-corrected chi connectivity index (χ0v) is 14.5. The number of nitrogens with zero attached hydrogens (tertiary/aromatic N) is 2. The van der Waals surface area contributed by atoms with Crippen molar-refractivity contribution in [2.24, 2.45) is 0 Å². The van der Waals surface area contributed by atoms with Crippen LogP contribution in [-0.2, 0) is 4.79 Å². The predicted octanol–water partition coefficient (Wildman–Crippen LogP) is 1.63. The van der Waals surface area contributed by atoms with E-state index in [1.807, 2.05) is 26.0 Å². The Kier molecular flexibility index (Phi) is 6.57. The Hall–Kier alpha value is -1.43. The molecule has 1 atom stereocenters. The second-order valence-corrected chi connectivity index (χ2v) is 6.43. The van der Waals surface area contributed by atoms with Crippen LogP contribution in [0.4, 0.5) is 5.69 Å². The molecular formula is C18H29N3O2. The summed E-state index contributed by atoms with van der Waals surface area (Å²) in [4.78, 5) is 16.7. The number of aryl methyl sites for hydroxylation is 1. The molecule has 128 valence electrons. The molecule has 0 radical (unpaired) electrons. The van der Waals surface area contributed by atoms with Crippen LogP contribution in [0.1, 0.15) is 24.5 Å². The summed E-state index contributed by atoms with van der Waals surface area (Å²) >= 11 is 0. The highest BCUT2D eigenvalue weighted by atomic mass is 16.3. The Morgan fingerprint density at radius 3 is 2.52 bits per heavy atom. The Bertz CT molecular complexity index is 525. The maximum absolute atomic E-state index is 12.2. The highest BCUT2D eigenvalue weighted by Crippen LogP contribution is 2.17. The molecule has 5 heteroatoms. The Balaban J connectivity index is 1.78. The molecule has 1 aliphatic rings. The van der Waals surface area contributed by atoms with Crippen LogP contribution in [0.3, 0.4) is 0 Å². The number of piperazine rings is 1. The van der Waals surface area contributed by atoms with E-state index in [0.29, 0.717) is 6.54 Å². The van der Waals surface area contributed by atoms with E-state index in [0.717, 1.165) is 50.4 Å². The molecule has 1 aromatic rings. The van der Waals surface area contributed by atoms with Gasteiger partial charge in [-0.25, -0.2) is 0 Å². The molecule has 1 aliphatic heterocycles. The van der Waals surface area contributed by atoms with Gasteiger partial charge in [-0.15, -0.1) is 0 Å². The normalized spacial score (nSPS) is 17.9. The lowest BCUT2D eigenvalue weighted by molar-refractivity contribution is -0.117. The minimum absolute atomic E-state index is 0.0424. The molecule has 1 aromatic carbocycles. The number of hydrogen-bond donors (Lipinski definition) is 2. The van der Waals surface area contributed by atoms with Crippen molar-refractivity contribution in [3.8, 4) is 0 Å². The number of rotatable bonds is 6. The first-order valence-electron chi connectivity index (χ1n) is 8.48. The van der Waals surface area contributed by atoms with Crippen molar-refractivity contribution in [1.29, 1.82) is 0 Å². The van der Waals surface area contributed by atoms with Gasteiger partial charge in [0.15, 0.2) is 0 Å². The van der Waals surface area contributed by atoms with Gasteiger partial charge >= 0.3 is 0 Å². The number of nitrogens with one attached hydrogen (secondary N) is 1. The summed E-state index contributed by atoms with van der Waals surface area (Å²) in [5.74, 6) is 0.0424. The van der Waals surface area contributed by atoms with Gasteiger partial charge in [0.25, 0.3) is 0 Å². The van der Waals surface area contributed by atoms with Crippen molar-refractivity contribution >= 4 is 11.6 Å². The van der Waals surface area contributed by atoms with Gasteiger partial charge < -0.3 is 10.4 Å². The van der Waals surface area contributed by atoms with E-state index in [4.69, 9.17) is 0 Å². The number of carbonyl (C=O) groups is 1. The van der Waals surface area contributed by atoms with Crippen LogP contribution in [0.15, 0.2) is 18.2 Å². The maximum Gasteiger partial charge on any atom is 0.238 e. The molecule has 2 N–H and O–H groups in total. The fourth-order valence-corrected chi connectivity index (χ4v) is 2.84. The van der Waals surface area contributed by atoms with Gasteiger partial charge in [-0.2, -0.15) is 0 Å². The van der Waals surface area contributed by atoms with Crippen molar-refractivity contribution in [3.05, 3.63) is 29.3 Å². The second-order valence-electron chi connectivity index (χ2n) is 6.43. The Morgan fingerprint density at radius 2 is 1.87 bits per heavy atom. The molecule has 1 heterocycles. The third-order valence-electron chi connectivity index (χ3n) is 4.65. The molecule has 23 heavy (non-hydrogen) atoms. The zero-order chi connectivity index (χ0) is 16.8. The lowest BCUT2D eigenvalue weighted by Gasteiger charge is -2.35. The van der Waals surface area contributed by atoms with Crippen LogP contribution in [0.5, 0.6) is 0 Å². The average molecular weight is 319 g/mol. The number of amides is 1. The van der Waals surface area contributed by atoms with E-state index < -0.39 is 0 Å². The van der Waals surface area contributed by atoms with Gasteiger partial charge in [-0.3, -0.25) is 14.6 Å². The lowest BCUT2D eigenvalue weighted by atomic mass is 10.1. The smallest absolute Gasteiger partial charge is 0.238 e. The molecule has 0 aromatic heterocycles. The number of carbonyl (C=O) groups excluding carboxylic acids is 1. The molecule has 0 saturated carbocycles. The number of benzene rings is 1. The summed E-state index contributed by atoms with van der Waals surface area (Å²) in [5.41, 5.74) is 3.21. The van der Waals surface area contributed by atoms with Crippen LogP contribution >= 0.6 is 0 Å². The second kappa shape index (κ2) is 8.43. The van der Waals surface area contributed by atoms with Crippen LogP contribution in [0, 0.1) is 13.8 Å². The van der Waals surface area contributed by atoms with Crippen molar-refractivity contribution < 1.29 is 9.90 Å². The van der Waals surface area contributed by atoms with E-state index >= 15 is 0 Å². The maximum atomic E-state index is 12.2. The van der Waals surface area contributed by atoms with Gasteiger partial charge in [-0.1, -0.05) is 19.1 Å². The molecule has 0 bridgehead atoms. The summed E-state index contributed by atoms with van der Waals surface area (Å²) in [6.07, 6.45) is 0.549. The first kappa shape index (κ1) is 17.9.